The molecule has 178 valence electrons. The number of methoxy groups -OCH3 is 3. The van der Waals surface area contributed by atoms with Gasteiger partial charge in [-0.2, -0.15) is 0 Å². The van der Waals surface area contributed by atoms with Crippen LogP contribution in [0.3, 0.4) is 0 Å². The maximum Gasteiger partial charge on any atom is 0.673 e. The van der Waals surface area contributed by atoms with Crippen molar-refractivity contribution in [3.63, 3.8) is 0 Å². The van der Waals surface area contributed by atoms with Crippen LogP contribution in [0, 0.1) is 0 Å². The zero-order chi connectivity index (χ0) is 24.7. The molecule has 4 rings (SSSR count). The summed E-state index contributed by atoms with van der Waals surface area (Å²) in [4.78, 5) is 3.49. The number of ether oxygens (including phenoxy) is 3. The van der Waals surface area contributed by atoms with Crippen molar-refractivity contribution in [3.05, 3.63) is 78.2 Å². The molecule has 0 aliphatic rings. The molecule has 0 aliphatic carbocycles. The minimum atomic E-state index is -6.00. The molecule has 0 amide bonds. The molecule has 3 aromatic carbocycles. The summed E-state index contributed by atoms with van der Waals surface area (Å²) in [5.74, 6) is 2.91. The van der Waals surface area contributed by atoms with E-state index in [-0.39, 0.29) is 0 Å². The molecule has 0 unspecified atom stereocenters. The van der Waals surface area contributed by atoms with Crippen molar-refractivity contribution < 1.29 is 40.9 Å². The zero-order valence-corrected chi connectivity index (χ0v) is 18.7. The van der Waals surface area contributed by atoms with Gasteiger partial charge in [-0.25, -0.2) is 4.99 Å². The normalized spacial score (nSPS) is 11.6. The molecule has 0 atom stereocenters. The highest BCUT2D eigenvalue weighted by Crippen LogP contribution is 2.28. The summed E-state index contributed by atoms with van der Waals surface area (Å²) in [6, 6.07) is 23.5. The number of para-hydroxylation sites is 1. The number of benzene rings is 3. The monoisotopic (exact) mass is 475 g/mol. The molecule has 5 nitrogen and oxygen atoms in total. The molecule has 0 saturated carbocycles. The minimum absolute atomic E-state index is 0.665. The second-order valence-corrected chi connectivity index (χ2v) is 6.94. The van der Waals surface area contributed by atoms with Gasteiger partial charge in [0.1, 0.15) is 17.1 Å². The van der Waals surface area contributed by atoms with Crippen molar-refractivity contribution in [1.82, 2.24) is 0 Å². The molecule has 10 heteroatoms. The van der Waals surface area contributed by atoms with Crippen LogP contribution < -0.4 is 24.6 Å². The number of halogens is 4. The molecule has 0 spiro atoms. The Bertz CT molecular complexity index is 1320. The fourth-order valence-electron chi connectivity index (χ4n) is 3.21. The van der Waals surface area contributed by atoms with E-state index in [0.717, 1.165) is 39.1 Å². The maximum absolute atomic E-state index is 9.75. The van der Waals surface area contributed by atoms with E-state index >= 15 is 0 Å². The van der Waals surface area contributed by atoms with Crippen molar-refractivity contribution in [3.8, 4) is 28.6 Å². The van der Waals surface area contributed by atoms with Crippen LogP contribution in [0.25, 0.3) is 22.3 Å². The third-order valence-electron chi connectivity index (χ3n) is 4.71. The summed E-state index contributed by atoms with van der Waals surface area (Å²) in [5, 5.41) is 1.92. The molecule has 0 aliphatic heterocycles. The Morgan fingerprint density at radius 1 is 0.735 bits per heavy atom. The second-order valence-electron chi connectivity index (χ2n) is 6.94. The van der Waals surface area contributed by atoms with Gasteiger partial charge in [0.05, 0.1) is 38.8 Å². The summed E-state index contributed by atoms with van der Waals surface area (Å²) in [6.07, 6.45) is 0. The van der Waals surface area contributed by atoms with Gasteiger partial charge in [0.25, 0.3) is 0 Å². The lowest BCUT2D eigenvalue weighted by Crippen LogP contribution is -2.70. The Labute approximate surface area is 193 Å². The summed E-state index contributed by atoms with van der Waals surface area (Å²) >= 11 is 0. The first kappa shape index (κ1) is 24.7. The van der Waals surface area contributed by atoms with Crippen LogP contribution >= 0.6 is 0 Å². The van der Waals surface area contributed by atoms with Crippen molar-refractivity contribution in [2.24, 2.45) is 0 Å². The van der Waals surface area contributed by atoms with Gasteiger partial charge in [0.15, 0.2) is 11.5 Å². The van der Waals surface area contributed by atoms with E-state index in [9.17, 15) is 17.3 Å². The lowest BCUT2D eigenvalue weighted by molar-refractivity contribution is -0.401. The van der Waals surface area contributed by atoms with Gasteiger partial charge in [-0.15, -0.1) is 0 Å². The molecule has 1 aromatic heterocycles. The Kier molecular flexibility index (Phi) is 7.83. The fraction of sp³-hybridized carbons (Fsp3) is 0.125. The van der Waals surface area contributed by atoms with E-state index in [1.165, 1.54) is 0 Å². The molecule has 1 heterocycles. The highest BCUT2D eigenvalue weighted by molar-refractivity contribution is 6.50. The number of hydrogen-bond acceptors (Lipinski definition) is 4. The lowest BCUT2D eigenvalue weighted by atomic mass is 10.1. The third-order valence-corrected chi connectivity index (χ3v) is 4.71. The predicted octanol–water partition coefficient (Wildman–Crippen LogP) is 4.74. The van der Waals surface area contributed by atoms with Gasteiger partial charge in [0.2, 0.25) is 11.0 Å². The van der Waals surface area contributed by atoms with Gasteiger partial charge in [0, 0.05) is 11.6 Å². The Hall–Kier alpha value is -3.95. The molecular formula is C24H22BF4NO4. The smallest absolute Gasteiger partial charge is 0.497 e. The summed E-state index contributed by atoms with van der Waals surface area (Å²) in [5.41, 5.74) is 2.65. The van der Waals surface area contributed by atoms with E-state index in [1.807, 2.05) is 72.8 Å². The van der Waals surface area contributed by atoms with Crippen LogP contribution in [-0.4, -0.2) is 28.6 Å². The number of rotatable bonds is 5. The molecule has 0 radical (unpaired) electrons. The first-order chi connectivity index (χ1) is 16.2. The average molecular weight is 475 g/mol. The molecule has 34 heavy (non-hydrogen) atoms. The predicted molar refractivity (Wildman–Crippen MR) is 122 cm³/mol. The largest absolute Gasteiger partial charge is 0.673 e. The van der Waals surface area contributed by atoms with E-state index in [4.69, 9.17) is 18.6 Å². The van der Waals surface area contributed by atoms with Crippen LogP contribution in [0.1, 0.15) is 0 Å². The molecule has 4 aromatic rings. The van der Waals surface area contributed by atoms with Crippen LogP contribution in [0.2, 0.25) is 0 Å². The first-order valence-electron chi connectivity index (χ1n) is 10.1. The van der Waals surface area contributed by atoms with Crippen molar-refractivity contribution in [2.45, 2.75) is 0 Å². The van der Waals surface area contributed by atoms with E-state index < -0.39 is 7.25 Å². The van der Waals surface area contributed by atoms with E-state index in [1.54, 1.807) is 21.3 Å². The Morgan fingerprint density at radius 2 is 1.38 bits per heavy atom. The highest BCUT2D eigenvalue weighted by Gasteiger charge is 2.20. The molecular weight excluding hydrogens is 453 g/mol. The van der Waals surface area contributed by atoms with Gasteiger partial charge in [-0.1, -0.05) is 12.1 Å². The molecule has 0 saturated heterocycles. The van der Waals surface area contributed by atoms with Gasteiger partial charge < -0.3 is 35.9 Å². The van der Waals surface area contributed by atoms with Crippen molar-refractivity contribution in [2.75, 3.05) is 21.3 Å². The van der Waals surface area contributed by atoms with Crippen LogP contribution in [0.5, 0.6) is 17.2 Å². The molecule has 0 bridgehead atoms. The fourth-order valence-corrected chi connectivity index (χ4v) is 3.21. The van der Waals surface area contributed by atoms with Crippen LogP contribution in [-0.2, 0) is 0 Å². The Morgan fingerprint density at radius 3 is 2.00 bits per heavy atom. The molecule has 0 fully saturated rings. The Balaban J connectivity index is 0.000000588. The van der Waals surface area contributed by atoms with Gasteiger partial charge in [-0.3, -0.25) is 0 Å². The van der Waals surface area contributed by atoms with Crippen molar-refractivity contribution in [1.29, 1.82) is 0 Å². The van der Waals surface area contributed by atoms with Crippen LogP contribution in [0.4, 0.5) is 23.0 Å². The van der Waals surface area contributed by atoms with Crippen LogP contribution in [0.15, 0.2) is 77.2 Å². The quantitative estimate of drug-likeness (QED) is 0.335. The topological polar surface area (TPSA) is 54.8 Å². The summed E-state index contributed by atoms with van der Waals surface area (Å²) in [7, 11) is -1.10. The summed E-state index contributed by atoms with van der Waals surface area (Å²) in [6.45, 7) is 0. The first-order valence-corrected chi connectivity index (χ1v) is 10.1. The minimum Gasteiger partial charge on any atom is -0.497 e. The van der Waals surface area contributed by atoms with Gasteiger partial charge >= 0.3 is 7.25 Å². The second kappa shape index (κ2) is 10.8. The number of hydrogen-bond donors (Lipinski definition) is 1. The van der Waals surface area contributed by atoms with Crippen molar-refractivity contribution >= 4 is 23.9 Å². The maximum atomic E-state index is 9.75. The number of nitrogens with one attached hydrogen (secondary N) is 1. The average Bonchev–Trinajstić information content (AvgIpc) is 2.83. The van der Waals surface area contributed by atoms with E-state index in [2.05, 4.69) is 4.99 Å². The van der Waals surface area contributed by atoms with Gasteiger partial charge in [-0.05, 0) is 42.5 Å². The standard InChI is InChI=1S/C24H21NO4.BF4/c1-26-18-11-8-16(9-12-18)23-15-20(19-6-4-5-7-21(19)29-23)25-17-10-13-22(27-2)24(14-17)28-3;2-1(3,4)5/h4-15H,1-3H3;/q;-1/p+1. The zero-order valence-electron chi connectivity index (χ0n) is 18.7. The SMILES string of the molecule is COc1ccc(-c2cc(=[NH+]c3ccc(OC)c(OC)c3)c3ccccc3o2)cc1.F[B-](F)(F)F. The highest BCUT2D eigenvalue weighted by atomic mass is 19.5. The lowest BCUT2D eigenvalue weighted by Gasteiger charge is -2.06. The van der Waals surface area contributed by atoms with E-state index in [0.29, 0.717) is 11.5 Å². The third kappa shape index (κ3) is 6.54. The number of fused-ring (bicyclic) bond motifs is 1. The molecule has 1 N–H and O–H groups in total. The summed E-state index contributed by atoms with van der Waals surface area (Å²) < 4.78 is 61.2.